The Hall–Kier alpha value is -1.42. The highest BCUT2D eigenvalue weighted by molar-refractivity contribution is 6.68. The van der Waals surface area contributed by atoms with E-state index < -0.39 is 9.96 Å². The third kappa shape index (κ3) is 5.31. The molecule has 0 fully saturated rings. The van der Waals surface area contributed by atoms with Crippen molar-refractivity contribution in [3.8, 4) is 0 Å². The highest BCUT2D eigenvalue weighted by atomic mass is 35.6. The minimum atomic E-state index is -1.70. The molecule has 2 aromatic carbocycles. The molecule has 0 saturated carbocycles. The lowest BCUT2D eigenvalue weighted by molar-refractivity contribution is 0.0941. The monoisotopic (exact) mass is 370 g/mol. The van der Waals surface area contributed by atoms with Gasteiger partial charge in [0.05, 0.1) is 0 Å². The number of hydrogen-bond acceptors (Lipinski definition) is 2. The van der Waals surface area contributed by atoms with E-state index in [0.717, 1.165) is 16.8 Å². The van der Waals surface area contributed by atoms with Gasteiger partial charge in [0.2, 0.25) is 3.79 Å². The summed E-state index contributed by atoms with van der Waals surface area (Å²) in [6, 6.07) is 14.8. The van der Waals surface area contributed by atoms with Gasteiger partial charge >= 0.3 is 0 Å². The maximum atomic E-state index is 12.4. The van der Waals surface area contributed by atoms with Crippen molar-refractivity contribution in [2.75, 3.05) is 5.32 Å². The first-order valence-electron chi connectivity index (χ1n) is 7.03. The molecule has 122 valence electrons. The third-order valence-corrected chi connectivity index (χ3v) is 3.90. The molecular formula is C17H17Cl3N2O. The number of anilines is 1. The van der Waals surface area contributed by atoms with E-state index >= 15 is 0 Å². The first-order valence-corrected chi connectivity index (χ1v) is 8.16. The number of hydrogen-bond donors (Lipinski definition) is 2. The van der Waals surface area contributed by atoms with Crippen LogP contribution in [0.1, 0.15) is 21.5 Å². The fourth-order valence-corrected chi connectivity index (χ4v) is 2.34. The molecule has 0 saturated heterocycles. The van der Waals surface area contributed by atoms with E-state index in [0.29, 0.717) is 5.56 Å². The van der Waals surface area contributed by atoms with Crippen LogP contribution in [0.25, 0.3) is 0 Å². The minimum Gasteiger partial charge on any atom is -0.362 e. The number of halogens is 3. The summed E-state index contributed by atoms with van der Waals surface area (Å²) in [5.41, 5.74) is 3.35. The summed E-state index contributed by atoms with van der Waals surface area (Å²) in [6.07, 6.45) is -0.872. The van der Waals surface area contributed by atoms with Crippen molar-refractivity contribution in [2.24, 2.45) is 0 Å². The minimum absolute atomic E-state index is 0.315. The Kier molecular flexibility index (Phi) is 5.79. The SMILES string of the molecule is Cc1ccc(NC(NC(=O)c2cccc(C)c2)C(Cl)(Cl)Cl)cc1. The number of aryl methyl sites for hydroxylation is 2. The van der Waals surface area contributed by atoms with Gasteiger partial charge < -0.3 is 10.6 Å². The number of nitrogens with one attached hydrogen (secondary N) is 2. The van der Waals surface area contributed by atoms with Crippen LogP contribution in [0.4, 0.5) is 5.69 Å². The topological polar surface area (TPSA) is 41.1 Å². The largest absolute Gasteiger partial charge is 0.362 e. The number of carbonyl (C=O) groups is 1. The van der Waals surface area contributed by atoms with Crippen LogP contribution in [0, 0.1) is 13.8 Å². The number of benzene rings is 2. The molecule has 0 aliphatic carbocycles. The van der Waals surface area contributed by atoms with Gasteiger partial charge in [0.25, 0.3) is 5.91 Å². The molecule has 0 aliphatic heterocycles. The Morgan fingerprint density at radius 3 is 2.22 bits per heavy atom. The van der Waals surface area contributed by atoms with Crippen LogP contribution in [-0.4, -0.2) is 15.9 Å². The maximum absolute atomic E-state index is 12.4. The summed E-state index contributed by atoms with van der Waals surface area (Å²) in [6.45, 7) is 3.89. The molecule has 1 unspecified atom stereocenters. The molecule has 2 N–H and O–H groups in total. The van der Waals surface area contributed by atoms with Crippen LogP contribution >= 0.6 is 34.8 Å². The molecule has 0 aliphatic rings. The predicted molar refractivity (Wildman–Crippen MR) is 97.5 cm³/mol. The Morgan fingerprint density at radius 2 is 1.65 bits per heavy atom. The Labute approximate surface area is 150 Å². The van der Waals surface area contributed by atoms with Gasteiger partial charge in [-0.2, -0.15) is 0 Å². The van der Waals surface area contributed by atoms with E-state index in [-0.39, 0.29) is 5.91 Å². The highest BCUT2D eigenvalue weighted by Gasteiger charge is 2.34. The van der Waals surface area contributed by atoms with Crippen LogP contribution in [0.2, 0.25) is 0 Å². The summed E-state index contributed by atoms with van der Waals surface area (Å²) in [4.78, 5) is 12.4. The average molecular weight is 372 g/mol. The van der Waals surface area contributed by atoms with Gasteiger partial charge in [-0.1, -0.05) is 70.2 Å². The summed E-state index contributed by atoms with van der Waals surface area (Å²) in [5.74, 6) is -0.315. The molecular weight excluding hydrogens is 355 g/mol. The number of alkyl halides is 3. The molecule has 2 rings (SSSR count). The second-order valence-electron chi connectivity index (χ2n) is 5.33. The van der Waals surface area contributed by atoms with Gasteiger partial charge in [-0.25, -0.2) is 0 Å². The van der Waals surface area contributed by atoms with Crippen LogP contribution in [0.15, 0.2) is 48.5 Å². The number of carbonyl (C=O) groups excluding carboxylic acids is 1. The van der Waals surface area contributed by atoms with Gasteiger partial charge in [0.1, 0.15) is 6.17 Å². The zero-order chi connectivity index (χ0) is 17.0. The average Bonchev–Trinajstić information content (AvgIpc) is 2.47. The summed E-state index contributed by atoms with van der Waals surface area (Å²) < 4.78 is -1.70. The van der Waals surface area contributed by atoms with Crippen LogP contribution in [0.3, 0.4) is 0 Å². The van der Waals surface area contributed by atoms with E-state index in [4.69, 9.17) is 34.8 Å². The van der Waals surface area contributed by atoms with Crippen LogP contribution < -0.4 is 10.6 Å². The lowest BCUT2D eigenvalue weighted by Gasteiger charge is -2.27. The second kappa shape index (κ2) is 7.43. The van der Waals surface area contributed by atoms with E-state index in [2.05, 4.69) is 10.6 Å². The molecule has 0 spiro atoms. The van der Waals surface area contributed by atoms with Crippen molar-refractivity contribution in [3.63, 3.8) is 0 Å². The van der Waals surface area contributed by atoms with Crippen LogP contribution in [-0.2, 0) is 0 Å². The quantitative estimate of drug-likeness (QED) is 0.596. The van der Waals surface area contributed by atoms with Gasteiger partial charge in [-0.15, -0.1) is 0 Å². The standard InChI is InChI=1S/C17H17Cl3N2O/c1-11-6-8-14(9-7-11)21-16(17(18,19)20)22-15(23)13-5-3-4-12(2)10-13/h3-10,16,21H,1-2H3,(H,22,23). The Morgan fingerprint density at radius 1 is 1.00 bits per heavy atom. The van der Waals surface area contributed by atoms with Crippen molar-refractivity contribution in [1.82, 2.24) is 5.32 Å². The molecule has 3 nitrogen and oxygen atoms in total. The first-order chi connectivity index (χ1) is 10.8. The van der Waals surface area contributed by atoms with Crippen molar-refractivity contribution in [2.45, 2.75) is 23.8 Å². The molecule has 1 amide bonds. The zero-order valence-corrected chi connectivity index (χ0v) is 15.0. The molecule has 6 heteroatoms. The van der Waals surface area contributed by atoms with Gasteiger partial charge in [0.15, 0.2) is 0 Å². The maximum Gasteiger partial charge on any atom is 0.252 e. The highest BCUT2D eigenvalue weighted by Crippen LogP contribution is 2.31. The van der Waals surface area contributed by atoms with E-state index in [1.54, 1.807) is 12.1 Å². The van der Waals surface area contributed by atoms with Crippen molar-refractivity contribution >= 4 is 46.4 Å². The molecule has 23 heavy (non-hydrogen) atoms. The fourth-order valence-electron chi connectivity index (χ4n) is 2.02. The molecule has 0 bridgehead atoms. The van der Waals surface area contributed by atoms with Gasteiger partial charge in [-0.05, 0) is 38.1 Å². The summed E-state index contributed by atoms with van der Waals surface area (Å²) >= 11 is 18.0. The van der Waals surface area contributed by atoms with E-state index in [9.17, 15) is 4.79 Å². The summed E-state index contributed by atoms with van der Waals surface area (Å²) in [7, 11) is 0. The third-order valence-electron chi connectivity index (χ3n) is 3.25. The van der Waals surface area contributed by atoms with Crippen molar-refractivity contribution < 1.29 is 4.79 Å². The molecule has 0 aromatic heterocycles. The molecule has 0 heterocycles. The zero-order valence-electron chi connectivity index (χ0n) is 12.7. The fraction of sp³-hybridized carbons (Fsp3) is 0.235. The van der Waals surface area contributed by atoms with Crippen LogP contribution in [0.5, 0.6) is 0 Å². The van der Waals surface area contributed by atoms with Gasteiger partial charge in [-0.3, -0.25) is 4.79 Å². The summed E-state index contributed by atoms with van der Waals surface area (Å²) in [5, 5.41) is 5.75. The van der Waals surface area contributed by atoms with Crippen molar-refractivity contribution in [1.29, 1.82) is 0 Å². The molecule has 1 atom stereocenters. The number of rotatable bonds is 4. The van der Waals surface area contributed by atoms with Crippen molar-refractivity contribution in [3.05, 3.63) is 65.2 Å². The normalized spacial score (nSPS) is 12.6. The first kappa shape index (κ1) is 17.9. The smallest absolute Gasteiger partial charge is 0.252 e. The van der Waals surface area contributed by atoms with Gasteiger partial charge in [0, 0.05) is 11.3 Å². The lowest BCUT2D eigenvalue weighted by Crippen LogP contribution is -2.49. The lowest BCUT2D eigenvalue weighted by atomic mass is 10.1. The predicted octanol–water partition coefficient (Wildman–Crippen LogP) is 4.84. The molecule has 0 radical (unpaired) electrons. The second-order valence-corrected chi connectivity index (χ2v) is 7.70. The Bertz CT molecular complexity index is 681. The Balaban J connectivity index is 2.16. The van der Waals surface area contributed by atoms with E-state index in [1.807, 2.05) is 50.2 Å². The van der Waals surface area contributed by atoms with E-state index in [1.165, 1.54) is 0 Å². The number of amides is 1. The molecule has 2 aromatic rings.